The Labute approximate surface area is 173 Å². The van der Waals surface area contributed by atoms with E-state index in [-0.39, 0.29) is 5.91 Å². The Bertz CT molecular complexity index is 1060. The van der Waals surface area contributed by atoms with Gasteiger partial charge in [-0.05, 0) is 30.3 Å². The number of benzene rings is 2. The topological polar surface area (TPSA) is 56.6 Å². The molecule has 1 saturated heterocycles. The molecule has 148 valence electrons. The average molecular weight is 407 g/mol. The Morgan fingerprint density at radius 3 is 2.62 bits per heavy atom. The van der Waals surface area contributed by atoms with E-state index in [2.05, 4.69) is 12.1 Å². The predicted octanol–water partition coefficient (Wildman–Crippen LogP) is 3.63. The maximum atomic E-state index is 13.3. The molecule has 1 amide bonds. The minimum absolute atomic E-state index is 0.0169. The van der Waals surface area contributed by atoms with E-state index in [0.29, 0.717) is 32.0 Å². The lowest BCUT2D eigenvalue weighted by Crippen LogP contribution is -2.41. The monoisotopic (exact) mass is 407 g/mol. The zero-order valence-corrected chi connectivity index (χ0v) is 16.9. The first-order valence-electron chi connectivity index (χ1n) is 9.62. The quantitative estimate of drug-likeness (QED) is 0.664. The molecular formula is C22H21N3O3S. The number of carbonyl (C=O) groups is 1. The van der Waals surface area contributed by atoms with E-state index < -0.39 is 0 Å². The van der Waals surface area contributed by atoms with Gasteiger partial charge in [-0.25, -0.2) is 4.68 Å². The molecule has 6 nitrogen and oxygen atoms in total. The standard InChI is InChI=1S/C22H21N3O3S/c1-27-16-8-6-15(7-9-16)25-21-17-4-2-3-5-19(17)29-14-18(21)20(23-25)22(26)24-10-12-28-13-11-24/h2-9H,10-14H2,1H3. The van der Waals surface area contributed by atoms with Crippen molar-refractivity contribution in [1.82, 2.24) is 14.7 Å². The largest absolute Gasteiger partial charge is 0.497 e. The van der Waals surface area contributed by atoms with Crippen molar-refractivity contribution in [2.45, 2.75) is 10.6 Å². The van der Waals surface area contributed by atoms with Crippen LogP contribution >= 0.6 is 11.8 Å². The molecule has 0 unspecified atom stereocenters. The first kappa shape index (κ1) is 18.3. The summed E-state index contributed by atoms with van der Waals surface area (Å²) in [6.07, 6.45) is 0. The van der Waals surface area contributed by atoms with Gasteiger partial charge in [-0.15, -0.1) is 11.8 Å². The van der Waals surface area contributed by atoms with Gasteiger partial charge in [0.05, 0.1) is 31.7 Å². The zero-order chi connectivity index (χ0) is 19.8. The summed E-state index contributed by atoms with van der Waals surface area (Å²) in [6.45, 7) is 2.36. The molecule has 0 atom stereocenters. The molecule has 3 heterocycles. The van der Waals surface area contributed by atoms with Gasteiger partial charge in [-0.1, -0.05) is 18.2 Å². The van der Waals surface area contributed by atoms with Crippen LogP contribution in [0.25, 0.3) is 16.9 Å². The van der Waals surface area contributed by atoms with Crippen molar-refractivity contribution >= 4 is 17.7 Å². The van der Waals surface area contributed by atoms with Crippen molar-refractivity contribution in [2.24, 2.45) is 0 Å². The summed E-state index contributed by atoms with van der Waals surface area (Å²) >= 11 is 1.76. The molecule has 2 aromatic carbocycles. The molecule has 0 radical (unpaired) electrons. The Morgan fingerprint density at radius 1 is 1.10 bits per heavy atom. The molecule has 1 fully saturated rings. The number of thioether (sulfide) groups is 1. The minimum Gasteiger partial charge on any atom is -0.497 e. The first-order valence-corrected chi connectivity index (χ1v) is 10.6. The number of amides is 1. The second kappa shape index (κ2) is 7.57. The Kier molecular flexibility index (Phi) is 4.77. The van der Waals surface area contributed by atoms with Crippen molar-refractivity contribution in [3.8, 4) is 22.7 Å². The number of ether oxygens (including phenoxy) is 2. The number of carbonyl (C=O) groups excluding carboxylic acids is 1. The number of fused-ring (bicyclic) bond motifs is 3. The lowest BCUT2D eigenvalue weighted by Gasteiger charge is -2.26. The van der Waals surface area contributed by atoms with Crippen LogP contribution in [0.4, 0.5) is 0 Å². The third kappa shape index (κ3) is 3.20. The van der Waals surface area contributed by atoms with E-state index >= 15 is 0 Å². The lowest BCUT2D eigenvalue weighted by atomic mass is 10.0. The highest BCUT2D eigenvalue weighted by Gasteiger charge is 2.31. The van der Waals surface area contributed by atoms with Gasteiger partial charge in [0.1, 0.15) is 5.75 Å². The van der Waals surface area contributed by atoms with Crippen molar-refractivity contribution in [1.29, 1.82) is 0 Å². The van der Waals surface area contributed by atoms with Crippen LogP contribution in [0, 0.1) is 0 Å². The van der Waals surface area contributed by atoms with Crippen LogP contribution in [0.1, 0.15) is 16.1 Å². The van der Waals surface area contributed by atoms with Gasteiger partial charge in [-0.3, -0.25) is 4.79 Å². The van der Waals surface area contributed by atoms with Crippen LogP contribution in [-0.2, 0) is 10.5 Å². The summed E-state index contributed by atoms with van der Waals surface area (Å²) in [5.41, 5.74) is 4.56. The molecule has 0 saturated carbocycles. The molecule has 0 spiro atoms. The summed E-state index contributed by atoms with van der Waals surface area (Å²) in [5.74, 6) is 1.50. The number of rotatable bonds is 3. The van der Waals surface area contributed by atoms with Crippen molar-refractivity contribution < 1.29 is 14.3 Å². The Balaban J connectivity index is 1.66. The average Bonchev–Trinajstić information content (AvgIpc) is 3.19. The Hall–Kier alpha value is -2.77. The van der Waals surface area contributed by atoms with Gasteiger partial charge in [0.2, 0.25) is 0 Å². The SMILES string of the molecule is COc1ccc(-n2nc(C(=O)N3CCOCC3)c3c2-c2ccccc2SC3)cc1. The van der Waals surface area contributed by atoms with Crippen LogP contribution < -0.4 is 4.74 Å². The smallest absolute Gasteiger partial charge is 0.274 e. The van der Waals surface area contributed by atoms with Gasteiger partial charge < -0.3 is 14.4 Å². The molecule has 29 heavy (non-hydrogen) atoms. The third-order valence-electron chi connectivity index (χ3n) is 5.32. The minimum atomic E-state index is -0.0169. The van der Waals surface area contributed by atoms with Crippen LogP contribution in [0.5, 0.6) is 5.75 Å². The van der Waals surface area contributed by atoms with E-state index in [1.165, 1.54) is 4.90 Å². The zero-order valence-electron chi connectivity index (χ0n) is 16.1. The number of methoxy groups -OCH3 is 1. The highest BCUT2D eigenvalue weighted by atomic mass is 32.2. The molecule has 5 rings (SSSR count). The number of morpholine rings is 1. The van der Waals surface area contributed by atoms with E-state index in [4.69, 9.17) is 14.6 Å². The van der Waals surface area contributed by atoms with Crippen LogP contribution in [-0.4, -0.2) is 54.0 Å². The molecule has 2 aliphatic rings. The van der Waals surface area contributed by atoms with Gasteiger partial charge >= 0.3 is 0 Å². The summed E-state index contributed by atoms with van der Waals surface area (Å²) in [5, 5.41) is 4.82. The van der Waals surface area contributed by atoms with Crippen LogP contribution in [0.2, 0.25) is 0 Å². The second-order valence-corrected chi connectivity index (χ2v) is 7.99. The summed E-state index contributed by atoms with van der Waals surface area (Å²) in [6, 6.07) is 16.1. The van der Waals surface area contributed by atoms with E-state index in [0.717, 1.165) is 34.0 Å². The summed E-state index contributed by atoms with van der Waals surface area (Å²) < 4.78 is 12.6. The molecule has 2 aliphatic heterocycles. The van der Waals surface area contributed by atoms with Crippen molar-refractivity contribution in [2.75, 3.05) is 33.4 Å². The van der Waals surface area contributed by atoms with Crippen molar-refractivity contribution in [3.05, 3.63) is 59.8 Å². The third-order valence-corrected chi connectivity index (χ3v) is 6.42. The molecule has 1 aromatic heterocycles. The highest BCUT2D eigenvalue weighted by Crippen LogP contribution is 2.43. The molecule has 0 aliphatic carbocycles. The highest BCUT2D eigenvalue weighted by molar-refractivity contribution is 7.98. The number of hydrogen-bond acceptors (Lipinski definition) is 5. The molecule has 3 aromatic rings. The second-order valence-electron chi connectivity index (χ2n) is 6.98. The normalized spacial score (nSPS) is 15.6. The fraction of sp³-hybridized carbons (Fsp3) is 0.273. The summed E-state index contributed by atoms with van der Waals surface area (Å²) in [4.78, 5) is 16.3. The molecule has 7 heteroatoms. The van der Waals surface area contributed by atoms with Crippen LogP contribution in [0.3, 0.4) is 0 Å². The summed E-state index contributed by atoms with van der Waals surface area (Å²) in [7, 11) is 1.65. The van der Waals surface area contributed by atoms with Gasteiger partial charge in [-0.2, -0.15) is 5.10 Å². The van der Waals surface area contributed by atoms with Gasteiger partial charge in [0.15, 0.2) is 5.69 Å². The van der Waals surface area contributed by atoms with Crippen LogP contribution in [0.15, 0.2) is 53.4 Å². The Morgan fingerprint density at radius 2 is 1.86 bits per heavy atom. The van der Waals surface area contributed by atoms with E-state index in [1.54, 1.807) is 18.9 Å². The van der Waals surface area contributed by atoms with Crippen molar-refractivity contribution in [3.63, 3.8) is 0 Å². The first-order chi connectivity index (χ1) is 14.3. The van der Waals surface area contributed by atoms with Gasteiger partial charge in [0.25, 0.3) is 5.91 Å². The van der Waals surface area contributed by atoms with E-state index in [9.17, 15) is 4.79 Å². The lowest BCUT2D eigenvalue weighted by molar-refractivity contribution is 0.0298. The number of aromatic nitrogens is 2. The molecular weight excluding hydrogens is 386 g/mol. The number of hydrogen-bond donors (Lipinski definition) is 0. The number of nitrogens with zero attached hydrogens (tertiary/aromatic N) is 3. The van der Waals surface area contributed by atoms with Gasteiger partial charge in [0, 0.05) is 34.9 Å². The molecule has 0 N–H and O–H groups in total. The maximum Gasteiger partial charge on any atom is 0.274 e. The predicted molar refractivity (Wildman–Crippen MR) is 112 cm³/mol. The fourth-order valence-corrected chi connectivity index (χ4v) is 4.87. The molecule has 0 bridgehead atoms. The van der Waals surface area contributed by atoms with E-state index in [1.807, 2.05) is 46.0 Å². The maximum absolute atomic E-state index is 13.3. The fourth-order valence-electron chi connectivity index (χ4n) is 3.80.